The van der Waals surface area contributed by atoms with Gasteiger partial charge in [-0.25, -0.2) is 8.42 Å². The molecule has 0 unspecified atom stereocenters. The molecule has 3 aromatic carbocycles. The summed E-state index contributed by atoms with van der Waals surface area (Å²) in [7, 11) is -2.32. The fourth-order valence-corrected chi connectivity index (χ4v) is 5.23. The van der Waals surface area contributed by atoms with E-state index in [1.165, 1.54) is 11.0 Å². The Labute approximate surface area is 241 Å². The van der Waals surface area contributed by atoms with Gasteiger partial charge in [-0.1, -0.05) is 67.1 Å². The maximum Gasteiger partial charge on any atom is 0.244 e. The molecule has 3 rings (SSSR count). The summed E-state index contributed by atoms with van der Waals surface area (Å²) in [6.07, 6.45) is 1.99. The molecule has 0 aliphatic heterocycles. The SMILES string of the molecule is CC[C@@H](C)NC(=O)[C@@H](Cc1ccccc1)N(Cc1cccc(OC)c1)C(=O)CN(c1cccc(Cl)c1)S(C)(=O)=O. The zero-order valence-electron chi connectivity index (χ0n) is 23.2. The van der Waals surface area contributed by atoms with E-state index in [1.54, 1.807) is 43.5 Å². The van der Waals surface area contributed by atoms with Crippen molar-refractivity contribution < 1.29 is 22.7 Å². The Hall–Kier alpha value is -3.56. The first-order valence-corrected chi connectivity index (χ1v) is 15.2. The average molecular weight is 586 g/mol. The summed E-state index contributed by atoms with van der Waals surface area (Å²) in [5, 5.41) is 3.34. The number of amides is 2. The Morgan fingerprint density at radius 3 is 2.27 bits per heavy atom. The van der Waals surface area contributed by atoms with Crippen LogP contribution < -0.4 is 14.4 Å². The number of halogens is 1. The van der Waals surface area contributed by atoms with Crippen molar-refractivity contribution in [3.63, 3.8) is 0 Å². The number of anilines is 1. The first kappa shape index (κ1) is 31.0. The second-order valence-corrected chi connectivity index (χ2v) is 12.0. The van der Waals surface area contributed by atoms with Gasteiger partial charge in [-0.2, -0.15) is 0 Å². The van der Waals surface area contributed by atoms with Crippen LogP contribution in [0.3, 0.4) is 0 Å². The van der Waals surface area contributed by atoms with Gasteiger partial charge in [-0.15, -0.1) is 0 Å². The number of nitrogens with zero attached hydrogens (tertiary/aromatic N) is 2. The molecule has 0 heterocycles. The zero-order chi connectivity index (χ0) is 29.3. The number of hydrogen-bond acceptors (Lipinski definition) is 5. The van der Waals surface area contributed by atoms with Gasteiger partial charge in [-0.3, -0.25) is 13.9 Å². The molecule has 0 radical (unpaired) electrons. The van der Waals surface area contributed by atoms with Crippen molar-refractivity contribution >= 4 is 39.1 Å². The van der Waals surface area contributed by atoms with Crippen molar-refractivity contribution in [2.24, 2.45) is 0 Å². The van der Waals surface area contributed by atoms with E-state index in [4.69, 9.17) is 16.3 Å². The summed E-state index contributed by atoms with van der Waals surface area (Å²) in [6, 6.07) is 21.9. The van der Waals surface area contributed by atoms with Crippen molar-refractivity contribution in [1.82, 2.24) is 10.2 Å². The molecule has 0 aliphatic carbocycles. The number of ether oxygens (including phenoxy) is 1. The summed E-state index contributed by atoms with van der Waals surface area (Å²) < 4.78 is 32.0. The highest BCUT2D eigenvalue weighted by Crippen LogP contribution is 2.24. The summed E-state index contributed by atoms with van der Waals surface area (Å²) in [4.78, 5) is 29.2. The van der Waals surface area contributed by atoms with Gasteiger partial charge in [0, 0.05) is 24.0 Å². The lowest BCUT2D eigenvalue weighted by molar-refractivity contribution is -0.140. The van der Waals surface area contributed by atoms with Crippen molar-refractivity contribution in [1.29, 1.82) is 0 Å². The summed E-state index contributed by atoms with van der Waals surface area (Å²) in [5.41, 5.74) is 1.86. The highest BCUT2D eigenvalue weighted by Gasteiger charge is 2.33. The van der Waals surface area contributed by atoms with Gasteiger partial charge in [0.25, 0.3) is 0 Å². The minimum atomic E-state index is -3.87. The molecule has 40 heavy (non-hydrogen) atoms. The van der Waals surface area contributed by atoms with Gasteiger partial charge in [0.15, 0.2) is 0 Å². The van der Waals surface area contributed by atoms with Gasteiger partial charge in [0.1, 0.15) is 18.3 Å². The third-order valence-electron chi connectivity index (χ3n) is 6.53. The van der Waals surface area contributed by atoms with Crippen LogP contribution in [-0.4, -0.2) is 57.1 Å². The first-order valence-electron chi connectivity index (χ1n) is 13.0. The highest BCUT2D eigenvalue weighted by atomic mass is 35.5. The number of carbonyl (C=O) groups is 2. The van der Waals surface area contributed by atoms with Crippen LogP contribution in [0.1, 0.15) is 31.4 Å². The zero-order valence-corrected chi connectivity index (χ0v) is 24.8. The summed E-state index contributed by atoms with van der Waals surface area (Å²) in [6.45, 7) is 3.42. The highest BCUT2D eigenvalue weighted by molar-refractivity contribution is 7.92. The maximum absolute atomic E-state index is 14.1. The average Bonchev–Trinajstić information content (AvgIpc) is 2.93. The molecule has 8 nitrogen and oxygen atoms in total. The third-order valence-corrected chi connectivity index (χ3v) is 7.91. The van der Waals surface area contributed by atoms with Crippen LogP contribution in [0.4, 0.5) is 5.69 Å². The molecule has 0 bridgehead atoms. The Balaban J connectivity index is 2.07. The molecule has 0 saturated carbocycles. The lowest BCUT2D eigenvalue weighted by atomic mass is 10.0. The van der Waals surface area contributed by atoms with Gasteiger partial charge < -0.3 is 15.0 Å². The molecule has 2 amide bonds. The first-order chi connectivity index (χ1) is 19.0. The largest absolute Gasteiger partial charge is 0.497 e. The quantitative estimate of drug-likeness (QED) is 0.314. The normalized spacial score (nSPS) is 12.7. The molecule has 0 fully saturated rings. The predicted molar refractivity (Wildman–Crippen MR) is 159 cm³/mol. The molecule has 3 aromatic rings. The Kier molecular flexibility index (Phi) is 11.0. The van der Waals surface area contributed by atoms with Crippen LogP contribution in [0.5, 0.6) is 5.75 Å². The van der Waals surface area contributed by atoms with E-state index in [0.717, 1.165) is 21.7 Å². The monoisotopic (exact) mass is 585 g/mol. The number of carbonyl (C=O) groups excluding carboxylic acids is 2. The standard InChI is InChI=1S/C30H36ClN3O5S/c1-5-22(2)32-30(36)28(18-23-11-7-6-8-12-23)33(20-24-13-9-16-27(17-24)39-3)29(35)21-34(40(4,37)38)26-15-10-14-25(31)19-26/h6-17,19,22,28H,5,18,20-21H2,1-4H3,(H,32,36)/t22-,28-/m1/s1. The molecule has 2 atom stereocenters. The second-order valence-electron chi connectivity index (χ2n) is 9.65. The van der Waals surface area contributed by atoms with E-state index in [2.05, 4.69) is 5.32 Å². The minimum absolute atomic E-state index is 0.0641. The number of sulfonamides is 1. The minimum Gasteiger partial charge on any atom is -0.497 e. The van der Waals surface area contributed by atoms with Crippen molar-refractivity contribution in [3.05, 3.63) is 95.0 Å². The molecular formula is C30H36ClN3O5S. The molecule has 214 valence electrons. The van der Waals surface area contributed by atoms with E-state index in [1.807, 2.05) is 50.2 Å². The van der Waals surface area contributed by atoms with Gasteiger partial charge in [-0.05, 0) is 54.8 Å². The molecule has 1 N–H and O–H groups in total. The van der Waals surface area contributed by atoms with Crippen LogP contribution >= 0.6 is 11.6 Å². The van der Waals surface area contributed by atoms with Crippen LogP contribution in [0.15, 0.2) is 78.9 Å². The number of hydrogen-bond donors (Lipinski definition) is 1. The van der Waals surface area contributed by atoms with Crippen molar-refractivity contribution in [2.75, 3.05) is 24.2 Å². The van der Waals surface area contributed by atoms with Crippen LogP contribution in [0.25, 0.3) is 0 Å². The van der Waals surface area contributed by atoms with Gasteiger partial charge in [0.05, 0.1) is 19.1 Å². The van der Waals surface area contributed by atoms with E-state index in [9.17, 15) is 18.0 Å². The fourth-order valence-electron chi connectivity index (χ4n) is 4.21. The Morgan fingerprint density at radius 2 is 1.65 bits per heavy atom. The number of methoxy groups -OCH3 is 1. The Morgan fingerprint density at radius 1 is 0.975 bits per heavy atom. The van der Waals surface area contributed by atoms with Crippen LogP contribution in [-0.2, 0) is 32.6 Å². The number of nitrogens with one attached hydrogen (secondary N) is 1. The second kappa shape index (κ2) is 14.2. The molecule has 0 saturated heterocycles. The predicted octanol–water partition coefficient (Wildman–Crippen LogP) is 4.67. The molecule has 0 aliphatic rings. The van der Waals surface area contributed by atoms with E-state index in [-0.39, 0.29) is 30.6 Å². The smallest absolute Gasteiger partial charge is 0.244 e. The van der Waals surface area contributed by atoms with Crippen molar-refractivity contribution in [3.8, 4) is 5.75 Å². The van der Waals surface area contributed by atoms with Crippen LogP contribution in [0.2, 0.25) is 5.02 Å². The topological polar surface area (TPSA) is 96.0 Å². The third kappa shape index (κ3) is 8.72. The van der Waals surface area contributed by atoms with Crippen molar-refractivity contribution in [2.45, 2.75) is 45.3 Å². The molecule has 0 aromatic heterocycles. The summed E-state index contributed by atoms with van der Waals surface area (Å²) >= 11 is 6.14. The van der Waals surface area contributed by atoms with E-state index in [0.29, 0.717) is 17.2 Å². The lowest BCUT2D eigenvalue weighted by Crippen LogP contribution is -2.54. The molecular weight excluding hydrogens is 550 g/mol. The molecule has 0 spiro atoms. The van der Waals surface area contributed by atoms with E-state index < -0.39 is 28.5 Å². The summed E-state index contributed by atoms with van der Waals surface area (Å²) in [5.74, 6) is -0.248. The lowest BCUT2D eigenvalue weighted by Gasteiger charge is -2.34. The van der Waals surface area contributed by atoms with E-state index >= 15 is 0 Å². The number of rotatable bonds is 13. The van der Waals surface area contributed by atoms with Gasteiger partial charge in [0.2, 0.25) is 21.8 Å². The number of benzene rings is 3. The van der Waals surface area contributed by atoms with Crippen LogP contribution in [0, 0.1) is 0 Å². The fraction of sp³-hybridized carbons (Fsp3) is 0.333. The molecule has 10 heteroatoms. The maximum atomic E-state index is 14.1. The van der Waals surface area contributed by atoms with Gasteiger partial charge >= 0.3 is 0 Å². The Bertz CT molecular complexity index is 1400.